The van der Waals surface area contributed by atoms with Gasteiger partial charge in [-0.2, -0.15) is 0 Å². The van der Waals surface area contributed by atoms with Crippen LogP contribution >= 0.6 is 0 Å². The molecule has 2 rings (SSSR count). The highest BCUT2D eigenvalue weighted by atomic mass is 16.2. The Kier molecular flexibility index (Phi) is 2.18. The van der Waals surface area contributed by atoms with Crippen molar-refractivity contribution in [3.05, 3.63) is 35.9 Å². The lowest BCUT2D eigenvalue weighted by atomic mass is 10.0. The van der Waals surface area contributed by atoms with Gasteiger partial charge in [-0.05, 0) is 5.56 Å². The number of carbonyl (C=O) groups excluding carboxylic acids is 2. The van der Waals surface area contributed by atoms with Gasteiger partial charge in [0.1, 0.15) is 0 Å². The number of nitrogens with one attached hydrogen (secondary N) is 2. The van der Waals surface area contributed by atoms with E-state index in [0.717, 1.165) is 5.56 Å². The van der Waals surface area contributed by atoms with Crippen molar-refractivity contribution in [2.45, 2.75) is 12.5 Å². The minimum Gasteiger partial charge on any atom is -0.330 e. The zero-order valence-corrected chi connectivity index (χ0v) is 7.49. The third kappa shape index (κ3) is 1.74. The molecule has 1 aliphatic heterocycles. The lowest BCUT2D eigenvalue weighted by molar-refractivity contribution is -0.121. The minimum absolute atomic E-state index is 0.197. The Balaban J connectivity index is 2.19. The van der Waals surface area contributed by atoms with E-state index in [1.807, 2.05) is 30.3 Å². The molecule has 4 nitrogen and oxygen atoms in total. The van der Waals surface area contributed by atoms with E-state index in [1.165, 1.54) is 0 Å². The molecule has 0 saturated carbocycles. The monoisotopic (exact) mass is 190 g/mol. The topological polar surface area (TPSA) is 58.2 Å². The average Bonchev–Trinajstić information content (AvgIpc) is 2.18. The molecule has 0 spiro atoms. The van der Waals surface area contributed by atoms with Gasteiger partial charge in [0.25, 0.3) is 0 Å². The van der Waals surface area contributed by atoms with Crippen molar-refractivity contribution < 1.29 is 9.59 Å². The second-order valence-corrected chi connectivity index (χ2v) is 3.19. The maximum absolute atomic E-state index is 11.1. The minimum atomic E-state index is -0.421. The summed E-state index contributed by atoms with van der Waals surface area (Å²) in [5.41, 5.74) is 0.954. The number of hydrogen-bond acceptors (Lipinski definition) is 2. The lowest BCUT2D eigenvalue weighted by Crippen LogP contribution is -2.48. The summed E-state index contributed by atoms with van der Waals surface area (Å²) in [6, 6.07) is 8.83. The number of urea groups is 1. The fraction of sp³-hybridized carbons (Fsp3) is 0.200. The zero-order chi connectivity index (χ0) is 9.97. The molecule has 1 aromatic rings. The average molecular weight is 190 g/mol. The Morgan fingerprint density at radius 2 is 1.86 bits per heavy atom. The Morgan fingerprint density at radius 1 is 1.14 bits per heavy atom. The highest BCUT2D eigenvalue weighted by molar-refractivity contribution is 5.97. The van der Waals surface area contributed by atoms with E-state index in [9.17, 15) is 9.59 Å². The lowest BCUT2D eigenvalue weighted by Gasteiger charge is -2.23. The molecule has 0 unspecified atom stereocenters. The summed E-state index contributed by atoms with van der Waals surface area (Å²) in [4.78, 5) is 22.1. The van der Waals surface area contributed by atoms with Gasteiger partial charge in [0.2, 0.25) is 5.91 Å². The van der Waals surface area contributed by atoms with Crippen LogP contribution in [0.2, 0.25) is 0 Å². The van der Waals surface area contributed by atoms with Crippen LogP contribution in [0.15, 0.2) is 30.3 Å². The van der Waals surface area contributed by atoms with Gasteiger partial charge < -0.3 is 5.32 Å². The van der Waals surface area contributed by atoms with Crippen LogP contribution in [0.4, 0.5) is 4.79 Å². The first-order chi connectivity index (χ1) is 6.75. The summed E-state index contributed by atoms with van der Waals surface area (Å²) in [6.07, 6.45) is 0.301. The number of benzene rings is 1. The summed E-state index contributed by atoms with van der Waals surface area (Å²) >= 11 is 0. The van der Waals surface area contributed by atoms with Crippen LogP contribution in [0.5, 0.6) is 0 Å². The summed E-state index contributed by atoms with van der Waals surface area (Å²) in [5, 5.41) is 4.88. The third-order valence-corrected chi connectivity index (χ3v) is 2.15. The number of rotatable bonds is 1. The Bertz CT molecular complexity index is 346. The number of imide groups is 1. The van der Waals surface area contributed by atoms with Gasteiger partial charge in [-0.1, -0.05) is 30.3 Å². The van der Waals surface area contributed by atoms with Crippen LogP contribution in [0.25, 0.3) is 0 Å². The SMILES string of the molecule is O=C1C[C@H](c2ccccc2)NC(=O)N1. The molecule has 1 saturated heterocycles. The van der Waals surface area contributed by atoms with E-state index in [-0.39, 0.29) is 11.9 Å². The van der Waals surface area contributed by atoms with Crippen molar-refractivity contribution in [2.75, 3.05) is 0 Å². The van der Waals surface area contributed by atoms with Crippen molar-refractivity contribution in [3.63, 3.8) is 0 Å². The smallest absolute Gasteiger partial charge is 0.321 e. The molecule has 3 amide bonds. The molecular weight excluding hydrogens is 180 g/mol. The molecule has 1 aliphatic rings. The Morgan fingerprint density at radius 3 is 2.50 bits per heavy atom. The van der Waals surface area contributed by atoms with E-state index >= 15 is 0 Å². The first-order valence-corrected chi connectivity index (χ1v) is 4.41. The molecule has 2 N–H and O–H groups in total. The van der Waals surface area contributed by atoms with E-state index in [2.05, 4.69) is 10.6 Å². The van der Waals surface area contributed by atoms with Gasteiger partial charge in [0, 0.05) is 0 Å². The Labute approximate surface area is 81.3 Å². The quantitative estimate of drug-likeness (QED) is 0.692. The van der Waals surface area contributed by atoms with Crippen LogP contribution in [-0.2, 0) is 4.79 Å². The fourth-order valence-electron chi connectivity index (χ4n) is 1.49. The molecule has 1 aromatic carbocycles. The van der Waals surface area contributed by atoms with Crippen molar-refractivity contribution >= 4 is 11.9 Å². The normalized spacial score (nSPS) is 21.3. The van der Waals surface area contributed by atoms with Gasteiger partial charge in [-0.15, -0.1) is 0 Å². The summed E-state index contributed by atoms with van der Waals surface area (Å²) in [6.45, 7) is 0. The van der Waals surface area contributed by atoms with Crippen LogP contribution in [0.3, 0.4) is 0 Å². The predicted molar refractivity (Wildman–Crippen MR) is 50.5 cm³/mol. The zero-order valence-electron chi connectivity index (χ0n) is 7.49. The molecule has 0 aliphatic carbocycles. The second kappa shape index (κ2) is 3.49. The summed E-state index contributed by atoms with van der Waals surface area (Å²) in [7, 11) is 0. The van der Waals surface area contributed by atoms with E-state index in [1.54, 1.807) is 0 Å². The van der Waals surface area contributed by atoms with Gasteiger partial charge >= 0.3 is 6.03 Å². The first-order valence-electron chi connectivity index (χ1n) is 4.41. The van der Waals surface area contributed by atoms with Gasteiger partial charge in [-0.3, -0.25) is 10.1 Å². The first kappa shape index (κ1) is 8.74. The molecule has 0 bridgehead atoms. The summed E-state index contributed by atoms with van der Waals surface area (Å²) < 4.78 is 0. The van der Waals surface area contributed by atoms with Crippen LogP contribution in [-0.4, -0.2) is 11.9 Å². The number of amides is 3. The number of hydrogen-bond donors (Lipinski definition) is 2. The highest BCUT2D eigenvalue weighted by Gasteiger charge is 2.24. The summed E-state index contributed by atoms with van der Waals surface area (Å²) in [5.74, 6) is -0.234. The maximum atomic E-state index is 11.1. The largest absolute Gasteiger partial charge is 0.330 e. The highest BCUT2D eigenvalue weighted by Crippen LogP contribution is 2.18. The third-order valence-electron chi connectivity index (χ3n) is 2.15. The van der Waals surface area contributed by atoms with Crippen molar-refractivity contribution in [3.8, 4) is 0 Å². The molecule has 72 valence electrons. The van der Waals surface area contributed by atoms with Gasteiger partial charge in [-0.25, -0.2) is 4.79 Å². The molecule has 0 aromatic heterocycles. The molecule has 1 fully saturated rings. The molecule has 1 heterocycles. The maximum Gasteiger partial charge on any atom is 0.321 e. The Hall–Kier alpha value is -1.84. The van der Waals surface area contributed by atoms with Crippen molar-refractivity contribution in [1.82, 2.24) is 10.6 Å². The van der Waals surface area contributed by atoms with Crippen molar-refractivity contribution in [2.24, 2.45) is 0 Å². The molecule has 1 atom stereocenters. The molecule has 14 heavy (non-hydrogen) atoms. The van der Waals surface area contributed by atoms with Gasteiger partial charge in [0.05, 0.1) is 12.5 Å². The van der Waals surface area contributed by atoms with Crippen LogP contribution in [0, 0.1) is 0 Å². The van der Waals surface area contributed by atoms with E-state index in [0.29, 0.717) is 6.42 Å². The van der Waals surface area contributed by atoms with E-state index < -0.39 is 6.03 Å². The fourth-order valence-corrected chi connectivity index (χ4v) is 1.49. The van der Waals surface area contributed by atoms with Crippen molar-refractivity contribution in [1.29, 1.82) is 0 Å². The molecule has 0 radical (unpaired) electrons. The molecule has 4 heteroatoms. The second-order valence-electron chi connectivity index (χ2n) is 3.19. The van der Waals surface area contributed by atoms with Gasteiger partial charge in [0.15, 0.2) is 0 Å². The predicted octanol–water partition coefficient (Wildman–Crippen LogP) is 0.957. The number of carbonyl (C=O) groups is 2. The standard InChI is InChI=1S/C10H10N2O2/c13-9-6-8(11-10(14)12-9)7-4-2-1-3-5-7/h1-5,8H,6H2,(H2,11,12,13,14)/t8-/m1/s1. The van der Waals surface area contributed by atoms with E-state index in [4.69, 9.17) is 0 Å². The van der Waals surface area contributed by atoms with Crippen LogP contribution in [0.1, 0.15) is 18.0 Å². The molecular formula is C10H10N2O2. The van der Waals surface area contributed by atoms with Crippen LogP contribution < -0.4 is 10.6 Å².